The molecule has 0 aromatic heterocycles. The highest BCUT2D eigenvalue weighted by Gasteiger charge is 2.34. The van der Waals surface area contributed by atoms with Gasteiger partial charge in [-0.25, -0.2) is 17.6 Å². The van der Waals surface area contributed by atoms with Crippen molar-refractivity contribution >= 4 is 27.7 Å². The number of hydrogen-bond donors (Lipinski definition) is 0. The summed E-state index contributed by atoms with van der Waals surface area (Å²) in [5.41, 5.74) is 0.526. The molecule has 1 fully saturated rings. The summed E-state index contributed by atoms with van der Waals surface area (Å²) in [7, 11) is -0.602. The summed E-state index contributed by atoms with van der Waals surface area (Å²) in [4.78, 5) is 30.3. The van der Waals surface area contributed by atoms with Crippen LogP contribution in [0, 0.1) is 5.82 Å². The van der Waals surface area contributed by atoms with Gasteiger partial charge in [0.25, 0.3) is 5.91 Å². The van der Waals surface area contributed by atoms with Gasteiger partial charge >= 0.3 is 6.09 Å². The Hall–Kier alpha value is -3.38. The molecule has 2 aromatic carbocycles. The SMILES string of the molecule is COCCCOc1cc(C(=O)N(C(C)C)[C@@H]2CCCN(C(=O)OC(C)(C)C)C2)ccc1-c1cc(N(C)S(C)(=O)=O)ccc1F. The largest absolute Gasteiger partial charge is 0.493 e. The van der Waals surface area contributed by atoms with Gasteiger partial charge in [-0.05, 0) is 83.9 Å². The molecule has 1 heterocycles. The molecule has 10 nitrogen and oxygen atoms in total. The van der Waals surface area contributed by atoms with E-state index in [1.807, 2.05) is 34.6 Å². The second-order valence-electron chi connectivity index (χ2n) is 12.3. The van der Waals surface area contributed by atoms with Gasteiger partial charge in [-0.15, -0.1) is 0 Å². The van der Waals surface area contributed by atoms with Gasteiger partial charge in [0.1, 0.15) is 17.2 Å². The molecule has 1 aliphatic heterocycles. The molecule has 3 rings (SSSR count). The number of carbonyl (C=O) groups is 2. The van der Waals surface area contributed by atoms with Crippen molar-refractivity contribution in [3.8, 4) is 16.9 Å². The minimum atomic E-state index is -3.58. The average Bonchev–Trinajstić information content (AvgIpc) is 2.94. The number of piperidine rings is 1. The zero-order chi connectivity index (χ0) is 32.8. The third kappa shape index (κ3) is 9.07. The zero-order valence-corrected chi connectivity index (χ0v) is 27.9. The van der Waals surface area contributed by atoms with E-state index in [-0.39, 0.29) is 41.6 Å². The van der Waals surface area contributed by atoms with Crippen LogP contribution >= 0.6 is 0 Å². The van der Waals surface area contributed by atoms with Crippen LogP contribution in [0.5, 0.6) is 5.75 Å². The predicted molar refractivity (Wildman–Crippen MR) is 169 cm³/mol. The van der Waals surface area contributed by atoms with Crippen LogP contribution in [0.4, 0.5) is 14.9 Å². The number of halogens is 1. The highest BCUT2D eigenvalue weighted by molar-refractivity contribution is 7.92. The van der Waals surface area contributed by atoms with Crippen molar-refractivity contribution < 1.29 is 36.6 Å². The molecule has 0 saturated carbocycles. The summed E-state index contributed by atoms with van der Waals surface area (Å²) in [5, 5.41) is 0. The molecule has 0 radical (unpaired) electrons. The maximum absolute atomic E-state index is 15.2. The van der Waals surface area contributed by atoms with Gasteiger partial charge in [0.15, 0.2) is 0 Å². The van der Waals surface area contributed by atoms with Crippen LogP contribution in [0.15, 0.2) is 36.4 Å². The van der Waals surface area contributed by atoms with E-state index >= 15 is 4.39 Å². The molecule has 0 bridgehead atoms. The predicted octanol–water partition coefficient (Wildman–Crippen LogP) is 5.55. The smallest absolute Gasteiger partial charge is 0.410 e. The average molecular weight is 636 g/mol. The second-order valence-corrected chi connectivity index (χ2v) is 14.3. The van der Waals surface area contributed by atoms with Crippen LogP contribution in [0.1, 0.15) is 64.2 Å². The molecule has 1 saturated heterocycles. The van der Waals surface area contributed by atoms with Crippen molar-refractivity contribution in [1.29, 1.82) is 0 Å². The van der Waals surface area contributed by atoms with Crippen LogP contribution in [0.25, 0.3) is 11.1 Å². The Bertz CT molecular complexity index is 1430. The highest BCUT2D eigenvalue weighted by Crippen LogP contribution is 2.36. The molecular formula is C32H46FN3O7S. The Morgan fingerprint density at radius 1 is 1.09 bits per heavy atom. The number of rotatable bonds is 11. The van der Waals surface area contributed by atoms with Crippen LogP contribution in [0.3, 0.4) is 0 Å². The number of sulfonamides is 1. The molecule has 0 N–H and O–H groups in total. The summed E-state index contributed by atoms with van der Waals surface area (Å²) in [6.07, 6.45) is 2.69. The van der Waals surface area contributed by atoms with Crippen molar-refractivity contribution in [2.75, 3.05) is 51.0 Å². The monoisotopic (exact) mass is 635 g/mol. The number of ether oxygens (including phenoxy) is 3. The molecule has 0 aliphatic carbocycles. The number of anilines is 1. The Labute approximate surface area is 261 Å². The molecule has 1 aliphatic rings. The van der Waals surface area contributed by atoms with Crippen molar-refractivity contribution in [3.05, 3.63) is 47.8 Å². The first-order valence-corrected chi connectivity index (χ1v) is 16.7. The molecule has 0 spiro atoms. The summed E-state index contributed by atoms with van der Waals surface area (Å²) < 4.78 is 57.4. The van der Waals surface area contributed by atoms with Crippen LogP contribution < -0.4 is 9.04 Å². The Morgan fingerprint density at radius 3 is 2.41 bits per heavy atom. The fourth-order valence-corrected chi connectivity index (χ4v) is 5.63. The second kappa shape index (κ2) is 14.6. The molecule has 44 heavy (non-hydrogen) atoms. The van der Waals surface area contributed by atoms with Gasteiger partial charge in [0, 0.05) is 63.0 Å². The lowest BCUT2D eigenvalue weighted by Gasteiger charge is -2.41. The minimum absolute atomic E-state index is 0.139. The third-order valence-corrected chi connectivity index (χ3v) is 8.52. The Morgan fingerprint density at radius 2 is 1.80 bits per heavy atom. The number of methoxy groups -OCH3 is 1. The molecule has 2 amide bonds. The van der Waals surface area contributed by atoms with Crippen molar-refractivity contribution in [2.24, 2.45) is 0 Å². The standard InChI is InChI=1S/C32H46FN3O7S/c1-22(2)36(25-11-9-16-35(21-25)31(38)43-32(3,4)5)30(37)23-12-14-26(29(19-23)42-18-10-17-41-7)27-20-24(13-15-28(27)33)34(6)44(8,39)40/h12-15,19-20,22,25H,9-11,16-18,21H2,1-8H3/t25-/m1/s1. The van der Waals surface area contributed by atoms with Crippen molar-refractivity contribution in [2.45, 2.75) is 71.6 Å². The van der Waals surface area contributed by atoms with Crippen molar-refractivity contribution in [3.63, 3.8) is 0 Å². The summed E-state index contributed by atoms with van der Waals surface area (Å²) in [6.45, 7) is 10.9. The topological polar surface area (TPSA) is 106 Å². The van der Waals surface area contributed by atoms with Gasteiger partial charge < -0.3 is 24.0 Å². The van der Waals surface area contributed by atoms with E-state index in [0.29, 0.717) is 37.2 Å². The molecule has 2 aromatic rings. The lowest BCUT2D eigenvalue weighted by Crippen LogP contribution is -2.54. The van der Waals surface area contributed by atoms with E-state index in [1.54, 1.807) is 35.1 Å². The summed E-state index contributed by atoms with van der Waals surface area (Å²) >= 11 is 0. The highest BCUT2D eigenvalue weighted by atomic mass is 32.2. The summed E-state index contributed by atoms with van der Waals surface area (Å²) in [6, 6.07) is 8.49. The van der Waals surface area contributed by atoms with Gasteiger partial charge in [0.2, 0.25) is 10.0 Å². The molecule has 244 valence electrons. The normalized spacial score (nSPS) is 15.7. The maximum atomic E-state index is 15.2. The maximum Gasteiger partial charge on any atom is 0.410 e. The first kappa shape index (κ1) is 35.1. The first-order chi connectivity index (χ1) is 20.5. The number of amides is 2. The van der Waals surface area contributed by atoms with E-state index in [4.69, 9.17) is 14.2 Å². The lowest BCUT2D eigenvalue weighted by molar-refractivity contribution is 0.00752. The van der Waals surface area contributed by atoms with Crippen molar-refractivity contribution in [1.82, 2.24) is 9.80 Å². The molecule has 0 unspecified atom stereocenters. The zero-order valence-electron chi connectivity index (χ0n) is 27.1. The first-order valence-electron chi connectivity index (χ1n) is 14.8. The molecular weight excluding hydrogens is 589 g/mol. The van der Waals surface area contributed by atoms with E-state index in [9.17, 15) is 18.0 Å². The Balaban J connectivity index is 1.99. The molecule has 1 atom stereocenters. The van der Waals surface area contributed by atoms with E-state index < -0.39 is 27.5 Å². The van der Waals surface area contributed by atoms with E-state index in [1.165, 1.54) is 25.2 Å². The van der Waals surface area contributed by atoms with Crippen LogP contribution in [-0.4, -0.2) is 94.6 Å². The fraction of sp³-hybridized carbons (Fsp3) is 0.562. The number of likely N-dealkylation sites (tertiary alicyclic amines) is 1. The Kier molecular flexibility index (Phi) is 11.6. The van der Waals surface area contributed by atoms with Gasteiger partial charge in [0.05, 0.1) is 24.6 Å². The van der Waals surface area contributed by atoms with Crippen LogP contribution in [-0.2, 0) is 19.5 Å². The van der Waals surface area contributed by atoms with E-state index in [2.05, 4.69) is 0 Å². The van der Waals surface area contributed by atoms with Gasteiger partial charge in [-0.2, -0.15) is 0 Å². The van der Waals surface area contributed by atoms with Gasteiger partial charge in [-0.1, -0.05) is 0 Å². The number of carbonyl (C=O) groups excluding carboxylic acids is 2. The molecule has 12 heteroatoms. The lowest BCUT2D eigenvalue weighted by atomic mass is 9.98. The fourth-order valence-electron chi connectivity index (χ4n) is 5.13. The minimum Gasteiger partial charge on any atom is -0.493 e. The quantitative estimate of drug-likeness (QED) is 0.298. The third-order valence-electron chi connectivity index (χ3n) is 7.31. The van der Waals surface area contributed by atoms with Gasteiger partial charge in [-0.3, -0.25) is 9.10 Å². The number of nitrogens with zero attached hydrogens (tertiary/aromatic N) is 3. The number of benzene rings is 2. The number of hydrogen-bond acceptors (Lipinski definition) is 7. The summed E-state index contributed by atoms with van der Waals surface area (Å²) in [5.74, 6) is -0.521. The van der Waals surface area contributed by atoms with Crippen LogP contribution in [0.2, 0.25) is 0 Å². The van der Waals surface area contributed by atoms with E-state index in [0.717, 1.165) is 23.4 Å².